The molecular weight excluding hydrogens is 339 g/mol. The molecule has 2 saturated heterocycles. The van der Waals surface area contributed by atoms with Crippen LogP contribution >= 0.6 is 0 Å². The number of aliphatic carboxylic acids is 1. The number of ketones is 1. The molecule has 0 saturated carbocycles. The molecule has 4 rings (SSSR count). The zero-order valence-corrected chi connectivity index (χ0v) is 14.7. The molecule has 2 fully saturated rings. The van der Waals surface area contributed by atoms with Gasteiger partial charge in [0.1, 0.15) is 11.4 Å². The second-order valence-corrected chi connectivity index (χ2v) is 7.68. The van der Waals surface area contributed by atoms with Crippen molar-refractivity contribution in [3.63, 3.8) is 0 Å². The zero-order valence-electron chi connectivity index (χ0n) is 14.7. The molecule has 0 aromatic rings. The Bertz CT molecular complexity index is 751. The van der Waals surface area contributed by atoms with Crippen molar-refractivity contribution in [1.29, 1.82) is 0 Å². The molecule has 2 bridgehead atoms. The lowest BCUT2D eigenvalue weighted by Gasteiger charge is -2.58. The van der Waals surface area contributed by atoms with Crippen molar-refractivity contribution < 1.29 is 24.2 Å². The molecular formula is C19H23FN2O4. The fraction of sp³-hybridized carbons (Fsp3) is 0.579. The van der Waals surface area contributed by atoms with Gasteiger partial charge in [-0.15, -0.1) is 0 Å². The number of halogens is 1. The lowest BCUT2D eigenvalue weighted by atomic mass is 9.68. The second kappa shape index (κ2) is 6.03. The second-order valence-electron chi connectivity index (χ2n) is 7.68. The topological polar surface area (TPSA) is 81.1 Å². The first-order valence-electron chi connectivity index (χ1n) is 9.16. The Morgan fingerprint density at radius 1 is 1.27 bits per heavy atom. The molecule has 140 valence electrons. The first-order chi connectivity index (χ1) is 12.4. The van der Waals surface area contributed by atoms with Crippen molar-refractivity contribution in [2.45, 2.75) is 56.3 Å². The molecule has 0 amide bonds. The largest absolute Gasteiger partial charge is 0.478 e. The van der Waals surface area contributed by atoms with Gasteiger partial charge in [0.05, 0.1) is 17.3 Å². The number of hydrogen-bond donors (Lipinski definition) is 2. The third kappa shape index (κ3) is 2.30. The van der Waals surface area contributed by atoms with E-state index in [-0.39, 0.29) is 29.3 Å². The van der Waals surface area contributed by atoms with E-state index in [9.17, 15) is 24.2 Å². The number of nitrogens with zero attached hydrogens (tertiary/aromatic N) is 2. The Morgan fingerprint density at radius 3 is 2.62 bits per heavy atom. The minimum absolute atomic E-state index is 0.0210. The van der Waals surface area contributed by atoms with E-state index in [1.165, 1.54) is 12.3 Å². The van der Waals surface area contributed by atoms with Gasteiger partial charge in [-0.2, -0.15) is 0 Å². The van der Waals surface area contributed by atoms with Gasteiger partial charge in [-0.1, -0.05) is 0 Å². The van der Waals surface area contributed by atoms with E-state index in [2.05, 4.69) is 4.90 Å². The quantitative estimate of drug-likeness (QED) is 0.772. The van der Waals surface area contributed by atoms with Crippen molar-refractivity contribution >= 4 is 11.8 Å². The Kier molecular flexibility index (Phi) is 4.04. The Labute approximate surface area is 151 Å². The Balaban J connectivity index is 1.83. The number of carbonyl (C=O) groups excluding carboxylic acids is 1. The maximum absolute atomic E-state index is 14.4. The highest BCUT2D eigenvalue weighted by Crippen LogP contribution is 2.47. The van der Waals surface area contributed by atoms with E-state index in [1.54, 1.807) is 6.08 Å². The Hall–Kier alpha value is -1.99. The number of likely N-dealkylation sites (tertiary alicyclic amines) is 1. The summed E-state index contributed by atoms with van der Waals surface area (Å²) in [7, 11) is 0. The first-order valence-corrected chi connectivity index (χ1v) is 9.16. The highest BCUT2D eigenvalue weighted by molar-refractivity contribution is 6.17. The summed E-state index contributed by atoms with van der Waals surface area (Å²) in [6.07, 6.45) is 6.89. The van der Waals surface area contributed by atoms with Gasteiger partial charge in [-0.3, -0.25) is 9.69 Å². The summed E-state index contributed by atoms with van der Waals surface area (Å²) >= 11 is 0. The number of carboxylic acids is 1. The summed E-state index contributed by atoms with van der Waals surface area (Å²) in [5, 5.41) is 19.3. The molecule has 1 spiro atoms. The summed E-state index contributed by atoms with van der Waals surface area (Å²) in [6, 6.07) is -0.183. The van der Waals surface area contributed by atoms with Crippen LogP contribution in [0.5, 0.6) is 0 Å². The van der Waals surface area contributed by atoms with Crippen molar-refractivity contribution in [3.05, 3.63) is 35.3 Å². The van der Waals surface area contributed by atoms with Gasteiger partial charge in [0.2, 0.25) is 0 Å². The van der Waals surface area contributed by atoms with Gasteiger partial charge in [0.15, 0.2) is 5.78 Å². The fourth-order valence-electron chi connectivity index (χ4n) is 4.94. The van der Waals surface area contributed by atoms with Crippen LogP contribution in [0.3, 0.4) is 0 Å². The average Bonchev–Trinajstić information content (AvgIpc) is 2.60. The molecule has 1 aliphatic carbocycles. The number of aliphatic hydroxyl groups is 1. The number of allylic oxidation sites excluding steroid dienone is 2. The minimum Gasteiger partial charge on any atom is -0.478 e. The van der Waals surface area contributed by atoms with Gasteiger partial charge in [0, 0.05) is 31.4 Å². The lowest BCUT2D eigenvalue weighted by Crippen LogP contribution is -2.71. The van der Waals surface area contributed by atoms with Gasteiger partial charge < -0.3 is 15.1 Å². The molecule has 0 aromatic heterocycles. The monoisotopic (exact) mass is 362 g/mol. The van der Waals surface area contributed by atoms with Crippen LogP contribution in [0, 0.1) is 0 Å². The van der Waals surface area contributed by atoms with Crippen LogP contribution in [-0.4, -0.2) is 68.6 Å². The summed E-state index contributed by atoms with van der Waals surface area (Å²) in [5.41, 5.74) is -1.65. The molecule has 0 radical (unpaired) electrons. The molecule has 26 heavy (non-hydrogen) atoms. The smallest absolute Gasteiger partial charge is 0.338 e. The minimum atomic E-state index is -1.29. The van der Waals surface area contributed by atoms with Crippen LogP contribution in [0.2, 0.25) is 0 Å². The third-order valence-corrected chi connectivity index (χ3v) is 6.29. The molecule has 2 N–H and O–H groups in total. The number of piperidine rings is 2. The predicted molar refractivity (Wildman–Crippen MR) is 91.9 cm³/mol. The molecule has 4 aliphatic rings. The summed E-state index contributed by atoms with van der Waals surface area (Å²) in [4.78, 5) is 29.0. The van der Waals surface area contributed by atoms with Crippen LogP contribution in [0.25, 0.3) is 0 Å². The SMILES string of the molecule is CC1CCC(N2CCC(O)CC2)C23C=CC(F)=C(C2=O)C(C(=O)O)=CN13. The van der Waals surface area contributed by atoms with Crippen molar-refractivity contribution in [2.24, 2.45) is 0 Å². The van der Waals surface area contributed by atoms with Crippen LogP contribution in [0.4, 0.5) is 4.39 Å². The van der Waals surface area contributed by atoms with Crippen molar-refractivity contribution in [1.82, 2.24) is 9.80 Å². The zero-order chi connectivity index (χ0) is 18.6. The molecule has 3 unspecified atom stereocenters. The van der Waals surface area contributed by atoms with Crippen LogP contribution in [0.1, 0.15) is 32.6 Å². The van der Waals surface area contributed by atoms with Gasteiger partial charge in [0.25, 0.3) is 0 Å². The fourth-order valence-corrected chi connectivity index (χ4v) is 4.94. The van der Waals surface area contributed by atoms with E-state index in [0.29, 0.717) is 25.9 Å². The standard InChI is InChI=1S/C19H23FN2O4/c1-11-2-3-15(21-8-5-12(23)6-9-21)19-7-4-14(20)16(17(19)24)13(18(25)26)10-22(11)19/h4,7,10-12,15,23H,2-3,5-6,8-9H2,1H3,(H,25,26). The number of carbonyl (C=O) groups is 2. The first kappa shape index (κ1) is 17.4. The maximum atomic E-state index is 14.4. The summed E-state index contributed by atoms with van der Waals surface area (Å²) in [6.45, 7) is 3.32. The van der Waals surface area contributed by atoms with Gasteiger partial charge >= 0.3 is 5.97 Å². The average molecular weight is 362 g/mol. The number of rotatable bonds is 2. The van der Waals surface area contributed by atoms with Crippen LogP contribution < -0.4 is 0 Å². The highest BCUT2D eigenvalue weighted by atomic mass is 19.1. The molecule has 6 nitrogen and oxygen atoms in total. The number of Topliss-reactive ketones (excluding diaryl/α,β-unsaturated/α-hetero) is 1. The van der Waals surface area contributed by atoms with E-state index < -0.39 is 23.1 Å². The van der Waals surface area contributed by atoms with E-state index in [1.807, 2.05) is 11.8 Å². The number of carboxylic acid groups (broad SMARTS) is 1. The molecule has 0 aromatic carbocycles. The number of aliphatic hydroxyl groups excluding tert-OH is 1. The normalized spacial score (nSPS) is 35.4. The predicted octanol–water partition coefficient (Wildman–Crippen LogP) is 1.38. The number of fused-ring (bicyclic) bond motifs is 1. The highest BCUT2D eigenvalue weighted by Gasteiger charge is 2.59. The van der Waals surface area contributed by atoms with Crippen LogP contribution in [0.15, 0.2) is 35.3 Å². The van der Waals surface area contributed by atoms with Crippen molar-refractivity contribution in [3.8, 4) is 0 Å². The van der Waals surface area contributed by atoms with E-state index >= 15 is 0 Å². The lowest BCUT2D eigenvalue weighted by molar-refractivity contribution is -0.138. The summed E-state index contributed by atoms with van der Waals surface area (Å²) in [5.74, 6) is -2.53. The van der Waals surface area contributed by atoms with Crippen molar-refractivity contribution in [2.75, 3.05) is 13.1 Å². The molecule has 3 aliphatic heterocycles. The number of hydrogen-bond acceptors (Lipinski definition) is 5. The van der Waals surface area contributed by atoms with E-state index in [0.717, 1.165) is 12.8 Å². The summed E-state index contributed by atoms with van der Waals surface area (Å²) < 4.78 is 14.4. The molecule has 7 heteroatoms. The molecule has 3 heterocycles. The van der Waals surface area contributed by atoms with Crippen LogP contribution in [-0.2, 0) is 9.59 Å². The molecule has 3 atom stereocenters. The van der Waals surface area contributed by atoms with E-state index in [4.69, 9.17) is 0 Å². The van der Waals surface area contributed by atoms with Gasteiger partial charge in [-0.25, -0.2) is 9.18 Å². The Morgan fingerprint density at radius 2 is 1.96 bits per heavy atom. The third-order valence-electron chi connectivity index (χ3n) is 6.29. The van der Waals surface area contributed by atoms with Gasteiger partial charge in [-0.05, 0) is 44.8 Å². The maximum Gasteiger partial charge on any atom is 0.338 e.